The molecular weight excluding hydrogens is 522 g/mol. The van der Waals surface area contributed by atoms with Crippen LogP contribution in [-0.4, -0.2) is 20.5 Å². The highest BCUT2D eigenvalue weighted by atomic mass is 35.5. The fraction of sp³-hybridized carbons (Fsp3) is 0.0500. The Kier molecular flexibility index (Phi) is 6.37. The maximum absolute atomic E-state index is 13.2. The van der Waals surface area contributed by atoms with Crippen LogP contribution >= 0.6 is 46.1 Å². The number of sulfonamides is 1. The van der Waals surface area contributed by atoms with E-state index in [9.17, 15) is 12.8 Å². The first kappa shape index (κ1) is 22.9. The van der Waals surface area contributed by atoms with Crippen molar-refractivity contribution in [2.75, 3.05) is 11.8 Å². The lowest BCUT2D eigenvalue weighted by atomic mass is 10.3. The number of halogens is 4. The lowest BCUT2D eigenvalue weighted by molar-refractivity contribution is 0.415. The van der Waals surface area contributed by atoms with Gasteiger partial charge in [0.1, 0.15) is 16.5 Å². The van der Waals surface area contributed by atoms with Gasteiger partial charge in [0.05, 0.1) is 38.1 Å². The molecule has 0 aliphatic rings. The molecule has 0 amide bonds. The molecule has 166 valence electrons. The zero-order chi connectivity index (χ0) is 23.0. The molecular formula is C20H12Cl3FN2O4S2. The van der Waals surface area contributed by atoms with E-state index in [2.05, 4.69) is 9.71 Å². The summed E-state index contributed by atoms with van der Waals surface area (Å²) in [5, 5.41) is 0.139. The van der Waals surface area contributed by atoms with Gasteiger partial charge in [0.2, 0.25) is 0 Å². The Morgan fingerprint density at radius 2 is 1.72 bits per heavy atom. The summed E-state index contributed by atoms with van der Waals surface area (Å²) in [6.07, 6.45) is 0. The highest BCUT2D eigenvalue weighted by Crippen LogP contribution is 2.41. The smallest absolute Gasteiger partial charge is 0.279 e. The van der Waals surface area contributed by atoms with E-state index < -0.39 is 15.8 Å². The summed E-state index contributed by atoms with van der Waals surface area (Å²) in [5.41, 5.74) is 0.778. The van der Waals surface area contributed by atoms with E-state index in [1.807, 2.05) is 6.07 Å². The van der Waals surface area contributed by atoms with Crippen molar-refractivity contribution >= 4 is 72.1 Å². The fourth-order valence-corrected chi connectivity index (χ4v) is 5.75. The van der Waals surface area contributed by atoms with Crippen LogP contribution in [0.4, 0.5) is 10.1 Å². The average Bonchev–Trinajstić information content (AvgIpc) is 3.11. The van der Waals surface area contributed by atoms with Crippen LogP contribution in [0.2, 0.25) is 15.1 Å². The van der Waals surface area contributed by atoms with Gasteiger partial charge in [0, 0.05) is 0 Å². The maximum Gasteiger partial charge on any atom is 0.279 e. The zero-order valence-electron chi connectivity index (χ0n) is 16.0. The van der Waals surface area contributed by atoms with E-state index in [-0.39, 0.29) is 31.4 Å². The van der Waals surface area contributed by atoms with Crippen LogP contribution < -0.4 is 14.2 Å². The standard InChI is InChI=1S/C20H12Cl3FN2O4S2/c1-29-12-3-4-16-17(9-12)31-20(25-16)30-19-14(22)7-11(8-15(19)23)26-32(27,28)18-5-2-10(24)6-13(18)21/h2-9,26H,1H3. The second-order valence-corrected chi connectivity index (χ2v) is 10.2. The fourth-order valence-electron chi connectivity index (χ4n) is 2.76. The summed E-state index contributed by atoms with van der Waals surface area (Å²) in [5.74, 6) is 0.138. The first-order valence-electron chi connectivity index (χ1n) is 8.75. The van der Waals surface area contributed by atoms with Gasteiger partial charge in [0.15, 0.2) is 5.75 Å². The number of nitrogens with one attached hydrogen (secondary N) is 1. The Morgan fingerprint density at radius 1 is 1.00 bits per heavy atom. The van der Waals surface area contributed by atoms with Crippen molar-refractivity contribution < 1.29 is 22.3 Å². The topological polar surface area (TPSA) is 77.5 Å². The van der Waals surface area contributed by atoms with Gasteiger partial charge in [-0.1, -0.05) is 46.1 Å². The molecule has 0 atom stereocenters. The highest BCUT2D eigenvalue weighted by Gasteiger charge is 2.21. The quantitative estimate of drug-likeness (QED) is 0.289. The minimum Gasteiger partial charge on any atom is -0.497 e. The van der Waals surface area contributed by atoms with Gasteiger partial charge in [-0.25, -0.2) is 17.8 Å². The molecule has 0 radical (unpaired) electrons. The molecule has 3 aromatic carbocycles. The van der Waals surface area contributed by atoms with Gasteiger partial charge in [-0.2, -0.15) is 0 Å². The molecule has 0 saturated heterocycles. The molecule has 0 aliphatic carbocycles. The van der Waals surface area contributed by atoms with Crippen molar-refractivity contribution in [2.45, 2.75) is 4.90 Å². The average molecular weight is 534 g/mol. The number of thiazole rings is 1. The number of nitrogens with zero attached hydrogens (tertiary/aromatic N) is 1. The van der Waals surface area contributed by atoms with E-state index in [1.165, 1.54) is 23.5 Å². The van der Waals surface area contributed by atoms with Crippen molar-refractivity contribution in [1.82, 2.24) is 4.98 Å². The molecule has 12 heteroatoms. The number of hydrogen-bond acceptors (Lipinski definition) is 6. The van der Waals surface area contributed by atoms with E-state index >= 15 is 0 Å². The van der Waals surface area contributed by atoms with E-state index in [0.717, 1.165) is 22.9 Å². The number of aromatic nitrogens is 1. The molecule has 32 heavy (non-hydrogen) atoms. The minimum atomic E-state index is -4.12. The monoisotopic (exact) mass is 532 g/mol. The van der Waals surface area contributed by atoms with Crippen LogP contribution in [-0.2, 0) is 10.0 Å². The number of anilines is 1. The van der Waals surface area contributed by atoms with Crippen LogP contribution in [0.5, 0.6) is 16.7 Å². The molecule has 0 fully saturated rings. The van der Waals surface area contributed by atoms with Gasteiger partial charge >= 0.3 is 0 Å². The Bertz CT molecular complexity index is 1420. The van der Waals surface area contributed by atoms with E-state index in [1.54, 1.807) is 19.2 Å². The molecule has 1 aromatic heterocycles. The summed E-state index contributed by atoms with van der Waals surface area (Å²) < 4.78 is 52.6. The van der Waals surface area contributed by atoms with Crippen molar-refractivity contribution in [1.29, 1.82) is 0 Å². The summed E-state index contributed by atoms with van der Waals surface area (Å²) in [6, 6.07) is 11.0. The normalized spacial score (nSPS) is 11.5. The molecule has 1 heterocycles. The molecule has 0 bridgehead atoms. The van der Waals surface area contributed by atoms with Gasteiger partial charge in [-0.15, -0.1) is 0 Å². The molecule has 0 spiro atoms. The Balaban J connectivity index is 1.61. The van der Waals surface area contributed by atoms with E-state index in [0.29, 0.717) is 16.5 Å². The highest BCUT2D eigenvalue weighted by molar-refractivity contribution is 7.92. The zero-order valence-corrected chi connectivity index (χ0v) is 19.9. The maximum atomic E-state index is 13.2. The van der Waals surface area contributed by atoms with Gasteiger partial charge in [-0.3, -0.25) is 4.72 Å². The van der Waals surface area contributed by atoms with E-state index in [4.69, 9.17) is 44.3 Å². The number of rotatable bonds is 6. The van der Waals surface area contributed by atoms with Gasteiger partial charge in [-0.05, 0) is 48.5 Å². The molecule has 0 unspecified atom stereocenters. The summed E-state index contributed by atoms with van der Waals surface area (Å²) >= 11 is 19.7. The number of fused-ring (bicyclic) bond motifs is 1. The van der Waals surface area contributed by atoms with Crippen LogP contribution in [0.15, 0.2) is 53.4 Å². The van der Waals surface area contributed by atoms with Crippen molar-refractivity contribution in [2.24, 2.45) is 0 Å². The second kappa shape index (κ2) is 8.92. The second-order valence-electron chi connectivity index (χ2n) is 6.36. The van der Waals surface area contributed by atoms with Gasteiger partial charge < -0.3 is 9.47 Å². The predicted molar refractivity (Wildman–Crippen MR) is 125 cm³/mol. The van der Waals surface area contributed by atoms with Crippen molar-refractivity contribution in [3.05, 3.63) is 69.4 Å². The number of methoxy groups -OCH3 is 1. The number of hydrogen-bond donors (Lipinski definition) is 1. The number of benzene rings is 3. The first-order valence-corrected chi connectivity index (χ1v) is 12.2. The number of ether oxygens (including phenoxy) is 2. The van der Waals surface area contributed by atoms with Crippen LogP contribution in [0, 0.1) is 5.82 Å². The first-order chi connectivity index (χ1) is 15.2. The summed E-state index contributed by atoms with van der Waals surface area (Å²) in [4.78, 5) is 4.08. The minimum absolute atomic E-state index is 0.0530. The Labute approximate surface area is 201 Å². The van der Waals surface area contributed by atoms with Gasteiger partial charge in [0.25, 0.3) is 15.2 Å². The van der Waals surface area contributed by atoms with Crippen LogP contribution in [0.3, 0.4) is 0 Å². The molecule has 4 rings (SSSR count). The van der Waals surface area contributed by atoms with Crippen molar-refractivity contribution in [3.8, 4) is 16.7 Å². The predicted octanol–water partition coefficient (Wildman–Crippen LogP) is 7.00. The third-order valence-corrected chi connectivity index (χ3v) is 7.52. The summed E-state index contributed by atoms with van der Waals surface area (Å²) in [7, 11) is -2.55. The third kappa shape index (κ3) is 4.72. The largest absolute Gasteiger partial charge is 0.497 e. The summed E-state index contributed by atoms with van der Waals surface area (Å²) in [6.45, 7) is 0. The lowest BCUT2D eigenvalue weighted by Gasteiger charge is -2.12. The molecule has 0 aliphatic heterocycles. The molecule has 0 saturated carbocycles. The van der Waals surface area contributed by atoms with Crippen LogP contribution in [0.1, 0.15) is 0 Å². The Hall–Kier alpha value is -2.30. The lowest BCUT2D eigenvalue weighted by Crippen LogP contribution is -2.13. The van der Waals surface area contributed by atoms with Crippen LogP contribution in [0.25, 0.3) is 10.2 Å². The molecule has 4 aromatic rings. The molecule has 1 N–H and O–H groups in total. The third-order valence-electron chi connectivity index (χ3n) is 4.20. The van der Waals surface area contributed by atoms with Crippen molar-refractivity contribution in [3.63, 3.8) is 0 Å². The Morgan fingerprint density at radius 3 is 2.38 bits per heavy atom. The molecule has 6 nitrogen and oxygen atoms in total. The SMILES string of the molecule is COc1ccc2nc(Oc3c(Cl)cc(NS(=O)(=O)c4ccc(F)cc4Cl)cc3Cl)sc2c1.